The first-order valence-electron chi connectivity index (χ1n) is 3.14. The van der Waals surface area contributed by atoms with Gasteiger partial charge in [-0.05, 0) is 6.42 Å². The SMILES string of the molecule is O=C=NC1CCOC1N=C=O. The van der Waals surface area contributed by atoms with Crippen molar-refractivity contribution in [2.24, 2.45) is 9.98 Å². The molecule has 0 bridgehead atoms. The summed E-state index contributed by atoms with van der Waals surface area (Å²) in [6, 6.07) is -0.353. The van der Waals surface area contributed by atoms with Crippen molar-refractivity contribution in [2.75, 3.05) is 6.61 Å². The molecule has 1 fully saturated rings. The maximum atomic E-state index is 9.82. The second-order valence-corrected chi connectivity index (χ2v) is 2.06. The molecule has 1 heterocycles. The molecule has 0 aromatic rings. The summed E-state index contributed by atoms with van der Waals surface area (Å²) < 4.78 is 4.96. The Balaban J connectivity index is 2.64. The van der Waals surface area contributed by atoms with E-state index >= 15 is 0 Å². The van der Waals surface area contributed by atoms with Crippen molar-refractivity contribution in [3.63, 3.8) is 0 Å². The van der Waals surface area contributed by atoms with Crippen LogP contribution in [0.4, 0.5) is 0 Å². The topological polar surface area (TPSA) is 68.1 Å². The van der Waals surface area contributed by atoms with Gasteiger partial charge in [-0.25, -0.2) is 9.59 Å². The number of ether oxygens (including phenoxy) is 1. The molecule has 0 aliphatic carbocycles. The van der Waals surface area contributed by atoms with Crippen molar-refractivity contribution in [3.05, 3.63) is 0 Å². The molecular formula is C6H6N2O3. The molecule has 0 aromatic carbocycles. The van der Waals surface area contributed by atoms with E-state index in [1.54, 1.807) is 0 Å². The summed E-state index contributed by atoms with van der Waals surface area (Å²) in [5.74, 6) is 0. The Bertz CT molecular complexity index is 204. The summed E-state index contributed by atoms with van der Waals surface area (Å²) in [7, 11) is 0. The molecule has 5 nitrogen and oxygen atoms in total. The van der Waals surface area contributed by atoms with Crippen LogP contribution in [0.25, 0.3) is 0 Å². The van der Waals surface area contributed by atoms with Crippen molar-refractivity contribution in [2.45, 2.75) is 18.7 Å². The van der Waals surface area contributed by atoms with Crippen LogP contribution in [-0.4, -0.2) is 31.0 Å². The second-order valence-electron chi connectivity index (χ2n) is 2.06. The zero-order valence-electron chi connectivity index (χ0n) is 5.69. The van der Waals surface area contributed by atoms with Gasteiger partial charge < -0.3 is 4.74 Å². The maximum Gasteiger partial charge on any atom is 0.237 e. The summed E-state index contributed by atoms with van der Waals surface area (Å²) in [4.78, 5) is 26.4. The lowest BCUT2D eigenvalue weighted by Gasteiger charge is -2.03. The van der Waals surface area contributed by atoms with Crippen LogP contribution in [0.5, 0.6) is 0 Å². The number of hydrogen-bond acceptors (Lipinski definition) is 5. The van der Waals surface area contributed by atoms with Crippen molar-refractivity contribution >= 4 is 12.2 Å². The molecule has 0 saturated carbocycles. The Morgan fingerprint density at radius 3 is 2.64 bits per heavy atom. The van der Waals surface area contributed by atoms with Gasteiger partial charge in [-0.2, -0.15) is 9.98 Å². The maximum absolute atomic E-state index is 9.82. The van der Waals surface area contributed by atoms with E-state index in [-0.39, 0.29) is 6.04 Å². The molecule has 0 spiro atoms. The molecule has 1 aliphatic heterocycles. The lowest BCUT2D eigenvalue weighted by molar-refractivity contribution is 0.112. The highest BCUT2D eigenvalue weighted by atomic mass is 16.5. The molecule has 2 unspecified atom stereocenters. The molecule has 11 heavy (non-hydrogen) atoms. The van der Waals surface area contributed by atoms with Crippen molar-refractivity contribution in [1.82, 2.24) is 0 Å². The molecule has 0 N–H and O–H groups in total. The molecule has 5 heteroatoms. The quantitative estimate of drug-likeness (QED) is 0.407. The van der Waals surface area contributed by atoms with Crippen LogP contribution in [0.1, 0.15) is 6.42 Å². The summed E-state index contributed by atoms with van der Waals surface area (Å²) >= 11 is 0. The summed E-state index contributed by atoms with van der Waals surface area (Å²) in [6.45, 7) is 0.464. The minimum absolute atomic E-state index is 0.353. The Morgan fingerprint density at radius 1 is 1.27 bits per heavy atom. The van der Waals surface area contributed by atoms with Gasteiger partial charge in [0.1, 0.15) is 6.04 Å². The third-order valence-electron chi connectivity index (χ3n) is 1.43. The Hall–Kier alpha value is -1.28. The van der Waals surface area contributed by atoms with Gasteiger partial charge in [0.15, 0.2) is 6.23 Å². The lowest BCUT2D eigenvalue weighted by atomic mass is 10.2. The predicted molar refractivity (Wildman–Crippen MR) is 34.4 cm³/mol. The molecule has 0 aromatic heterocycles. The number of carbonyl (C=O) groups excluding carboxylic acids is 2. The zero-order valence-corrected chi connectivity index (χ0v) is 5.69. The van der Waals surface area contributed by atoms with Crippen LogP contribution in [0.2, 0.25) is 0 Å². The van der Waals surface area contributed by atoms with Gasteiger partial charge in [0.05, 0.1) is 6.61 Å². The third-order valence-corrected chi connectivity index (χ3v) is 1.43. The Labute approximate surface area is 62.8 Å². The Morgan fingerprint density at radius 2 is 2.00 bits per heavy atom. The second kappa shape index (κ2) is 3.78. The minimum Gasteiger partial charge on any atom is -0.353 e. The van der Waals surface area contributed by atoms with Gasteiger partial charge in [-0.1, -0.05) is 0 Å². The van der Waals surface area contributed by atoms with Crippen LogP contribution < -0.4 is 0 Å². The smallest absolute Gasteiger partial charge is 0.237 e. The minimum atomic E-state index is -0.631. The number of isocyanates is 2. The van der Waals surface area contributed by atoms with E-state index in [0.717, 1.165) is 0 Å². The van der Waals surface area contributed by atoms with Gasteiger partial charge in [-0.15, -0.1) is 0 Å². The van der Waals surface area contributed by atoms with E-state index in [0.29, 0.717) is 13.0 Å². The van der Waals surface area contributed by atoms with Crippen molar-refractivity contribution < 1.29 is 14.3 Å². The standard InChI is InChI=1S/C6H6N2O3/c9-3-7-5-1-2-11-6(5)8-4-10/h5-6H,1-2H2. The number of aliphatic imine (C=N–C) groups is 2. The van der Waals surface area contributed by atoms with E-state index in [9.17, 15) is 9.59 Å². The number of nitrogens with zero attached hydrogens (tertiary/aromatic N) is 2. The van der Waals surface area contributed by atoms with Crippen LogP contribution in [0, 0.1) is 0 Å². The first-order chi connectivity index (χ1) is 5.38. The normalized spacial score (nSPS) is 28.7. The van der Waals surface area contributed by atoms with Gasteiger partial charge in [-0.3, -0.25) is 0 Å². The molecule has 2 atom stereocenters. The first kappa shape index (κ1) is 7.82. The van der Waals surface area contributed by atoms with E-state index in [4.69, 9.17) is 4.74 Å². The fraction of sp³-hybridized carbons (Fsp3) is 0.667. The van der Waals surface area contributed by atoms with E-state index in [1.807, 2.05) is 0 Å². The van der Waals surface area contributed by atoms with Gasteiger partial charge in [0.2, 0.25) is 12.2 Å². The highest BCUT2D eigenvalue weighted by molar-refractivity contribution is 5.35. The summed E-state index contributed by atoms with van der Waals surface area (Å²) in [6.07, 6.45) is 2.73. The molecule has 58 valence electrons. The van der Waals surface area contributed by atoms with Gasteiger partial charge >= 0.3 is 0 Å². The molecular weight excluding hydrogens is 148 g/mol. The van der Waals surface area contributed by atoms with Crippen LogP contribution in [0.15, 0.2) is 9.98 Å². The molecule has 0 amide bonds. The lowest BCUT2D eigenvalue weighted by Crippen LogP contribution is -2.15. The number of hydrogen-bond donors (Lipinski definition) is 0. The molecule has 0 radical (unpaired) electrons. The van der Waals surface area contributed by atoms with Gasteiger partial charge in [0, 0.05) is 0 Å². The summed E-state index contributed by atoms with van der Waals surface area (Å²) in [5.41, 5.74) is 0. The van der Waals surface area contributed by atoms with Crippen LogP contribution >= 0.6 is 0 Å². The van der Waals surface area contributed by atoms with E-state index < -0.39 is 6.23 Å². The average Bonchev–Trinajstić information content (AvgIpc) is 2.39. The monoisotopic (exact) mass is 154 g/mol. The zero-order chi connectivity index (χ0) is 8.10. The van der Waals surface area contributed by atoms with E-state index in [2.05, 4.69) is 9.98 Å². The number of rotatable bonds is 2. The molecule has 1 aliphatic rings. The summed E-state index contributed by atoms with van der Waals surface area (Å²) in [5, 5.41) is 0. The van der Waals surface area contributed by atoms with Gasteiger partial charge in [0.25, 0.3) is 0 Å². The highest BCUT2D eigenvalue weighted by Crippen LogP contribution is 2.16. The molecule has 1 saturated heterocycles. The third kappa shape index (κ3) is 1.82. The van der Waals surface area contributed by atoms with Crippen LogP contribution in [0.3, 0.4) is 0 Å². The average molecular weight is 154 g/mol. The highest BCUT2D eigenvalue weighted by Gasteiger charge is 2.27. The first-order valence-corrected chi connectivity index (χ1v) is 3.14. The van der Waals surface area contributed by atoms with Crippen molar-refractivity contribution in [1.29, 1.82) is 0 Å². The fourth-order valence-corrected chi connectivity index (χ4v) is 0.934. The van der Waals surface area contributed by atoms with Crippen LogP contribution in [-0.2, 0) is 14.3 Å². The molecule has 1 rings (SSSR count). The van der Waals surface area contributed by atoms with E-state index in [1.165, 1.54) is 12.2 Å². The predicted octanol–water partition coefficient (Wildman–Crippen LogP) is -0.227. The Kier molecular flexibility index (Phi) is 2.69. The fourth-order valence-electron chi connectivity index (χ4n) is 0.934. The van der Waals surface area contributed by atoms with Crippen molar-refractivity contribution in [3.8, 4) is 0 Å². The largest absolute Gasteiger partial charge is 0.353 e.